The van der Waals surface area contributed by atoms with E-state index in [4.69, 9.17) is 5.26 Å². The first-order valence-corrected chi connectivity index (χ1v) is 4.15. The molecule has 5 heteroatoms. The third kappa shape index (κ3) is 2.59. The number of hydrogen-bond donors (Lipinski definition) is 1. The third-order valence-corrected chi connectivity index (χ3v) is 1.66. The Morgan fingerprint density at radius 1 is 1.79 bits per heavy atom. The summed E-state index contributed by atoms with van der Waals surface area (Å²) >= 11 is 0. The van der Waals surface area contributed by atoms with Crippen LogP contribution in [0.25, 0.3) is 0 Å². The predicted molar refractivity (Wildman–Crippen MR) is 48.2 cm³/mol. The Kier molecular flexibility index (Phi) is 2.87. The Bertz CT molecular complexity index is 349. The summed E-state index contributed by atoms with van der Waals surface area (Å²) in [6.45, 7) is 3.78. The first-order valence-electron chi connectivity index (χ1n) is 4.15. The van der Waals surface area contributed by atoms with E-state index in [0.717, 1.165) is 0 Å². The number of rotatable bonds is 3. The highest BCUT2D eigenvalue weighted by Crippen LogP contribution is 2.10. The van der Waals surface area contributed by atoms with Crippen molar-refractivity contribution in [1.29, 1.82) is 5.26 Å². The van der Waals surface area contributed by atoms with Gasteiger partial charge in [-0.3, -0.25) is 4.79 Å². The number of carbonyl (C=O) groups excluding carboxylic acids is 1. The molecule has 0 saturated heterocycles. The largest absolute Gasteiger partial charge is 0.364 e. The minimum Gasteiger partial charge on any atom is -0.364 e. The second kappa shape index (κ2) is 3.92. The summed E-state index contributed by atoms with van der Waals surface area (Å²) in [5.41, 5.74) is -0.349. The molecule has 0 radical (unpaired) electrons. The van der Waals surface area contributed by atoms with Crippen LogP contribution >= 0.6 is 0 Å². The van der Waals surface area contributed by atoms with Crippen LogP contribution in [-0.2, 0) is 0 Å². The summed E-state index contributed by atoms with van der Waals surface area (Å²) in [5.74, 6) is -0.331. The second-order valence-electron chi connectivity index (χ2n) is 3.56. The van der Waals surface area contributed by atoms with E-state index in [9.17, 15) is 4.79 Å². The van der Waals surface area contributed by atoms with Gasteiger partial charge in [-0.15, -0.1) is 0 Å². The topological polar surface area (TPSA) is 78.9 Å². The average Bonchev–Trinajstić information content (AvgIpc) is 2.67. The molecule has 1 aromatic rings. The maximum absolute atomic E-state index is 11.3. The van der Waals surface area contributed by atoms with E-state index < -0.39 is 5.41 Å². The highest BCUT2D eigenvalue weighted by molar-refractivity contribution is 5.91. The molecule has 74 valence electrons. The highest BCUT2D eigenvalue weighted by Gasteiger charge is 2.18. The van der Waals surface area contributed by atoms with Gasteiger partial charge in [0.05, 0.1) is 11.5 Å². The van der Waals surface area contributed by atoms with Crippen molar-refractivity contribution in [2.24, 2.45) is 5.41 Å². The molecule has 0 unspecified atom stereocenters. The summed E-state index contributed by atoms with van der Waals surface area (Å²) in [6.07, 6.45) is 1.32. The van der Waals surface area contributed by atoms with Crippen LogP contribution in [0.2, 0.25) is 0 Å². The Balaban J connectivity index is 2.49. The number of nitriles is 1. The second-order valence-corrected chi connectivity index (χ2v) is 3.56. The number of amides is 1. The number of hydrogen-bond acceptors (Lipinski definition) is 4. The summed E-state index contributed by atoms with van der Waals surface area (Å²) in [4.78, 5) is 11.3. The zero-order valence-electron chi connectivity index (χ0n) is 8.07. The van der Waals surface area contributed by atoms with E-state index in [1.807, 2.05) is 0 Å². The molecule has 0 aliphatic rings. The van der Waals surface area contributed by atoms with Crippen molar-refractivity contribution in [1.82, 2.24) is 10.5 Å². The van der Waals surface area contributed by atoms with Crippen LogP contribution in [0.5, 0.6) is 0 Å². The monoisotopic (exact) mass is 193 g/mol. The lowest BCUT2D eigenvalue weighted by atomic mass is 9.96. The number of carbonyl (C=O) groups is 1. The van der Waals surface area contributed by atoms with E-state index in [-0.39, 0.29) is 18.1 Å². The number of nitrogens with one attached hydrogen (secondary N) is 1. The Hall–Kier alpha value is -1.83. The fourth-order valence-corrected chi connectivity index (χ4v) is 0.761. The maximum atomic E-state index is 11.3. The van der Waals surface area contributed by atoms with Gasteiger partial charge in [0.1, 0.15) is 6.26 Å². The van der Waals surface area contributed by atoms with Gasteiger partial charge in [0, 0.05) is 12.6 Å². The number of nitrogens with zero attached hydrogens (tertiary/aromatic N) is 2. The fourth-order valence-electron chi connectivity index (χ4n) is 0.761. The van der Waals surface area contributed by atoms with E-state index >= 15 is 0 Å². The van der Waals surface area contributed by atoms with Crippen molar-refractivity contribution < 1.29 is 9.32 Å². The van der Waals surface area contributed by atoms with Crippen LogP contribution in [0.3, 0.4) is 0 Å². The molecule has 1 N–H and O–H groups in total. The van der Waals surface area contributed by atoms with Gasteiger partial charge in [-0.2, -0.15) is 5.26 Å². The van der Waals surface area contributed by atoms with Gasteiger partial charge in [-0.25, -0.2) is 0 Å². The minimum atomic E-state index is -0.570. The van der Waals surface area contributed by atoms with Crippen molar-refractivity contribution >= 4 is 5.91 Å². The van der Waals surface area contributed by atoms with Crippen LogP contribution in [0, 0.1) is 16.7 Å². The summed E-state index contributed by atoms with van der Waals surface area (Å²) < 4.78 is 4.52. The van der Waals surface area contributed by atoms with E-state index in [1.165, 1.54) is 12.3 Å². The van der Waals surface area contributed by atoms with Crippen LogP contribution < -0.4 is 5.32 Å². The van der Waals surface area contributed by atoms with Crippen molar-refractivity contribution in [2.45, 2.75) is 13.8 Å². The lowest BCUT2D eigenvalue weighted by Gasteiger charge is -2.14. The van der Waals surface area contributed by atoms with Crippen LogP contribution in [0.15, 0.2) is 16.9 Å². The molecule has 0 bridgehead atoms. The Morgan fingerprint density at radius 2 is 2.50 bits per heavy atom. The normalized spacial score (nSPS) is 10.6. The van der Waals surface area contributed by atoms with E-state index in [1.54, 1.807) is 13.8 Å². The number of aromatic nitrogens is 1. The van der Waals surface area contributed by atoms with Gasteiger partial charge in [0.2, 0.25) is 0 Å². The molecule has 0 atom stereocenters. The molecular formula is C9H11N3O2. The zero-order valence-corrected chi connectivity index (χ0v) is 8.07. The quantitative estimate of drug-likeness (QED) is 0.775. The molecule has 1 rings (SSSR count). The molecule has 0 aromatic carbocycles. The maximum Gasteiger partial charge on any atom is 0.273 e. The van der Waals surface area contributed by atoms with E-state index in [0.29, 0.717) is 0 Å². The molecule has 1 amide bonds. The first kappa shape index (κ1) is 10.3. The molecule has 0 fully saturated rings. The minimum absolute atomic E-state index is 0.221. The molecule has 5 nitrogen and oxygen atoms in total. The van der Waals surface area contributed by atoms with Crippen LogP contribution in [0.1, 0.15) is 24.3 Å². The van der Waals surface area contributed by atoms with Gasteiger partial charge in [0.15, 0.2) is 5.69 Å². The smallest absolute Gasteiger partial charge is 0.273 e. The molecule has 0 saturated carbocycles. The van der Waals surface area contributed by atoms with Crippen LogP contribution in [-0.4, -0.2) is 17.6 Å². The van der Waals surface area contributed by atoms with Crippen molar-refractivity contribution in [3.63, 3.8) is 0 Å². The zero-order chi connectivity index (χ0) is 10.6. The summed E-state index contributed by atoms with van der Waals surface area (Å²) in [5, 5.41) is 14.8. The van der Waals surface area contributed by atoms with Gasteiger partial charge in [-0.1, -0.05) is 5.16 Å². The van der Waals surface area contributed by atoms with Gasteiger partial charge < -0.3 is 9.84 Å². The fraction of sp³-hybridized carbons (Fsp3) is 0.444. The predicted octanol–water partition coefficient (Wildman–Crippen LogP) is 0.954. The average molecular weight is 193 g/mol. The lowest BCUT2D eigenvalue weighted by Crippen LogP contribution is -2.33. The van der Waals surface area contributed by atoms with Crippen LogP contribution in [0.4, 0.5) is 0 Å². The Morgan fingerprint density at radius 3 is 3.00 bits per heavy atom. The highest BCUT2D eigenvalue weighted by atomic mass is 16.5. The summed E-state index contributed by atoms with van der Waals surface area (Å²) in [7, 11) is 0. The van der Waals surface area contributed by atoms with Crippen molar-refractivity contribution in [3.05, 3.63) is 18.0 Å². The van der Waals surface area contributed by atoms with Crippen molar-refractivity contribution in [2.75, 3.05) is 6.54 Å². The SMILES string of the molecule is CC(C)(C#N)CNC(=O)c1ccon1. The molecule has 1 aromatic heterocycles. The molecule has 1 heterocycles. The van der Waals surface area contributed by atoms with E-state index in [2.05, 4.69) is 21.1 Å². The lowest BCUT2D eigenvalue weighted by molar-refractivity contribution is 0.0934. The molecule has 0 spiro atoms. The third-order valence-electron chi connectivity index (χ3n) is 1.66. The van der Waals surface area contributed by atoms with Crippen molar-refractivity contribution in [3.8, 4) is 6.07 Å². The van der Waals surface area contributed by atoms with Gasteiger partial charge >= 0.3 is 0 Å². The molecule has 0 aliphatic carbocycles. The molecule has 0 aliphatic heterocycles. The standard InChI is InChI=1S/C9H11N3O2/c1-9(2,5-10)6-11-8(13)7-3-4-14-12-7/h3-4H,6H2,1-2H3,(H,11,13). The molecule has 14 heavy (non-hydrogen) atoms. The summed E-state index contributed by atoms with van der Waals surface area (Å²) in [6, 6.07) is 3.55. The Labute approximate surface area is 81.7 Å². The first-order chi connectivity index (χ1) is 6.55. The molecular weight excluding hydrogens is 182 g/mol. The van der Waals surface area contributed by atoms with Gasteiger partial charge in [-0.05, 0) is 13.8 Å². The van der Waals surface area contributed by atoms with Gasteiger partial charge in [0.25, 0.3) is 5.91 Å².